The molecular formula is C14H18N2O3. The number of nitrogens with one attached hydrogen (secondary N) is 1. The molecule has 1 aromatic rings. The highest BCUT2D eigenvalue weighted by molar-refractivity contribution is 5.90. The van der Waals surface area contributed by atoms with E-state index in [9.17, 15) is 14.7 Å². The Morgan fingerprint density at radius 1 is 1.37 bits per heavy atom. The third-order valence-electron chi connectivity index (χ3n) is 3.66. The quantitative estimate of drug-likeness (QED) is 0.739. The van der Waals surface area contributed by atoms with E-state index in [0.29, 0.717) is 5.56 Å². The zero-order valence-electron chi connectivity index (χ0n) is 10.8. The molecule has 0 spiro atoms. The van der Waals surface area contributed by atoms with Gasteiger partial charge in [-0.1, -0.05) is 30.3 Å². The van der Waals surface area contributed by atoms with E-state index in [0.717, 1.165) is 12.8 Å². The third-order valence-corrected chi connectivity index (χ3v) is 3.66. The van der Waals surface area contributed by atoms with Crippen molar-refractivity contribution in [3.63, 3.8) is 0 Å². The van der Waals surface area contributed by atoms with E-state index < -0.39 is 23.5 Å². The molecule has 0 saturated heterocycles. The summed E-state index contributed by atoms with van der Waals surface area (Å²) >= 11 is 0. The molecule has 1 saturated carbocycles. The van der Waals surface area contributed by atoms with Gasteiger partial charge in [-0.25, -0.2) is 4.79 Å². The average molecular weight is 262 g/mol. The van der Waals surface area contributed by atoms with Crippen molar-refractivity contribution in [2.75, 3.05) is 0 Å². The molecule has 0 bridgehead atoms. The molecule has 102 valence electrons. The lowest BCUT2D eigenvalue weighted by Gasteiger charge is -2.27. The Hall–Kier alpha value is -1.88. The zero-order valence-corrected chi connectivity index (χ0v) is 10.8. The Labute approximate surface area is 111 Å². The van der Waals surface area contributed by atoms with Gasteiger partial charge in [0.2, 0.25) is 5.91 Å². The van der Waals surface area contributed by atoms with Crippen LogP contribution in [0.3, 0.4) is 0 Å². The number of hydrogen-bond acceptors (Lipinski definition) is 3. The van der Waals surface area contributed by atoms with Crippen molar-refractivity contribution in [3.8, 4) is 0 Å². The molecule has 1 aliphatic rings. The van der Waals surface area contributed by atoms with Gasteiger partial charge in [-0.05, 0) is 31.2 Å². The van der Waals surface area contributed by atoms with Crippen molar-refractivity contribution < 1.29 is 14.7 Å². The minimum atomic E-state index is -1.22. The fraction of sp³-hybridized carbons (Fsp3) is 0.429. The van der Waals surface area contributed by atoms with Gasteiger partial charge in [0, 0.05) is 0 Å². The lowest BCUT2D eigenvalue weighted by molar-refractivity contribution is -0.148. The molecule has 1 aromatic carbocycles. The number of carboxylic acids is 1. The molecule has 19 heavy (non-hydrogen) atoms. The fourth-order valence-corrected chi connectivity index (χ4v) is 2.14. The molecule has 0 aromatic heterocycles. The van der Waals surface area contributed by atoms with Gasteiger partial charge in [0.1, 0.15) is 11.6 Å². The number of rotatable bonds is 5. The monoisotopic (exact) mass is 262 g/mol. The molecule has 5 heteroatoms. The predicted octanol–water partition coefficient (Wildman–Crippen LogP) is 1.06. The number of carboxylic acid groups (broad SMARTS) is 1. The first-order chi connectivity index (χ1) is 8.95. The lowest BCUT2D eigenvalue weighted by atomic mass is 9.95. The molecule has 4 N–H and O–H groups in total. The summed E-state index contributed by atoms with van der Waals surface area (Å²) < 4.78 is 0. The van der Waals surface area contributed by atoms with Gasteiger partial charge in [-0.2, -0.15) is 0 Å². The van der Waals surface area contributed by atoms with Crippen molar-refractivity contribution >= 4 is 11.9 Å². The molecule has 2 rings (SSSR count). The van der Waals surface area contributed by atoms with E-state index >= 15 is 0 Å². The molecule has 0 aliphatic heterocycles. The summed E-state index contributed by atoms with van der Waals surface area (Å²) in [5, 5.41) is 11.9. The first kappa shape index (κ1) is 13.5. The van der Waals surface area contributed by atoms with Gasteiger partial charge < -0.3 is 16.2 Å². The van der Waals surface area contributed by atoms with Crippen LogP contribution in [0.4, 0.5) is 0 Å². The number of aliphatic carboxylic acids is 1. The second-order valence-electron chi connectivity index (χ2n) is 5.16. The second-order valence-corrected chi connectivity index (χ2v) is 5.16. The van der Waals surface area contributed by atoms with Gasteiger partial charge in [0.15, 0.2) is 0 Å². The van der Waals surface area contributed by atoms with Gasteiger partial charge in [-0.15, -0.1) is 0 Å². The van der Waals surface area contributed by atoms with Gasteiger partial charge in [-0.3, -0.25) is 4.79 Å². The standard InChI is InChI=1S/C14H18N2O3/c1-14(13(18)19,10-7-8-10)16-12(17)11(15)9-5-3-2-4-6-9/h2-6,10-11H,7-8,15H2,1H3,(H,16,17)(H,18,19)/t11-,14?/m0/s1. The molecule has 0 heterocycles. The molecule has 1 fully saturated rings. The van der Waals surface area contributed by atoms with Gasteiger partial charge >= 0.3 is 5.97 Å². The van der Waals surface area contributed by atoms with Crippen molar-refractivity contribution in [1.82, 2.24) is 5.32 Å². The number of carbonyl (C=O) groups is 2. The summed E-state index contributed by atoms with van der Waals surface area (Å²) in [7, 11) is 0. The van der Waals surface area contributed by atoms with Crippen molar-refractivity contribution in [2.24, 2.45) is 11.7 Å². The van der Waals surface area contributed by atoms with Crippen LogP contribution in [-0.4, -0.2) is 22.5 Å². The van der Waals surface area contributed by atoms with Crippen LogP contribution in [0, 0.1) is 5.92 Å². The Morgan fingerprint density at radius 2 is 1.95 bits per heavy atom. The number of amides is 1. The Kier molecular flexibility index (Phi) is 3.57. The maximum atomic E-state index is 12.1. The van der Waals surface area contributed by atoms with Crippen LogP contribution < -0.4 is 11.1 Å². The van der Waals surface area contributed by atoms with Crippen LogP contribution in [0.25, 0.3) is 0 Å². The molecule has 1 aliphatic carbocycles. The summed E-state index contributed by atoms with van der Waals surface area (Å²) in [5.74, 6) is -1.47. The van der Waals surface area contributed by atoms with E-state index in [1.165, 1.54) is 0 Å². The summed E-state index contributed by atoms with van der Waals surface area (Å²) in [6.45, 7) is 1.54. The maximum Gasteiger partial charge on any atom is 0.329 e. The number of nitrogens with two attached hydrogens (primary N) is 1. The first-order valence-corrected chi connectivity index (χ1v) is 6.31. The normalized spacial score (nSPS) is 19.3. The van der Waals surface area contributed by atoms with E-state index in [1.54, 1.807) is 31.2 Å². The summed E-state index contributed by atoms with van der Waals surface area (Å²) in [6.07, 6.45) is 1.65. The number of carbonyl (C=O) groups excluding carboxylic acids is 1. The van der Waals surface area contributed by atoms with Crippen LogP contribution in [-0.2, 0) is 9.59 Å². The Bertz CT molecular complexity index is 485. The Balaban J connectivity index is 2.10. The van der Waals surface area contributed by atoms with E-state index in [1.807, 2.05) is 6.07 Å². The van der Waals surface area contributed by atoms with E-state index in [4.69, 9.17) is 5.73 Å². The minimum Gasteiger partial charge on any atom is -0.480 e. The fourth-order valence-electron chi connectivity index (χ4n) is 2.14. The first-order valence-electron chi connectivity index (χ1n) is 6.31. The smallest absolute Gasteiger partial charge is 0.329 e. The van der Waals surface area contributed by atoms with Crippen molar-refractivity contribution in [3.05, 3.63) is 35.9 Å². The molecule has 0 radical (unpaired) electrons. The second kappa shape index (κ2) is 5.01. The number of benzene rings is 1. The molecule has 5 nitrogen and oxygen atoms in total. The van der Waals surface area contributed by atoms with Crippen LogP contribution in [0.5, 0.6) is 0 Å². The highest BCUT2D eigenvalue weighted by Crippen LogP contribution is 2.39. The molecule has 1 amide bonds. The third kappa shape index (κ3) is 2.76. The lowest BCUT2D eigenvalue weighted by Crippen LogP contribution is -2.56. The molecule has 2 atom stereocenters. The van der Waals surface area contributed by atoms with Crippen LogP contribution in [0.15, 0.2) is 30.3 Å². The number of hydrogen-bond donors (Lipinski definition) is 3. The zero-order chi connectivity index (χ0) is 14.0. The van der Waals surface area contributed by atoms with Crippen molar-refractivity contribution in [1.29, 1.82) is 0 Å². The summed E-state index contributed by atoms with van der Waals surface area (Å²) in [6, 6.07) is 8.07. The topological polar surface area (TPSA) is 92.4 Å². The van der Waals surface area contributed by atoms with Crippen molar-refractivity contribution in [2.45, 2.75) is 31.3 Å². The average Bonchev–Trinajstić information content (AvgIpc) is 3.23. The summed E-state index contributed by atoms with van der Waals surface area (Å²) in [5.41, 5.74) is 5.31. The molecular weight excluding hydrogens is 244 g/mol. The maximum absolute atomic E-state index is 12.1. The predicted molar refractivity (Wildman–Crippen MR) is 70.3 cm³/mol. The van der Waals surface area contributed by atoms with E-state index in [-0.39, 0.29) is 5.92 Å². The minimum absolute atomic E-state index is 0.00285. The van der Waals surface area contributed by atoms with E-state index in [2.05, 4.69) is 5.32 Å². The Morgan fingerprint density at radius 3 is 2.42 bits per heavy atom. The van der Waals surface area contributed by atoms with Gasteiger partial charge in [0.05, 0.1) is 0 Å². The van der Waals surface area contributed by atoms with Crippen LogP contribution >= 0.6 is 0 Å². The highest BCUT2D eigenvalue weighted by Gasteiger charge is 2.49. The highest BCUT2D eigenvalue weighted by atomic mass is 16.4. The molecule has 1 unspecified atom stereocenters. The largest absolute Gasteiger partial charge is 0.480 e. The summed E-state index contributed by atoms with van der Waals surface area (Å²) in [4.78, 5) is 23.4. The van der Waals surface area contributed by atoms with Gasteiger partial charge in [0.25, 0.3) is 0 Å². The SMILES string of the molecule is CC(NC(=O)[C@@H](N)c1ccccc1)(C(=O)O)C1CC1. The van der Waals surface area contributed by atoms with Crippen LogP contribution in [0.2, 0.25) is 0 Å². The van der Waals surface area contributed by atoms with Crippen LogP contribution in [0.1, 0.15) is 31.4 Å².